The van der Waals surface area contributed by atoms with Gasteiger partial charge in [-0.3, -0.25) is 4.79 Å². The molecule has 4 heteroatoms. The minimum absolute atomic E-state index is 0.00279. The largest absolute Gasteiger partial charge is 0.459 e. The van der Waals surface area contributed by atoms with Crippen molar-refractivity contribution in [2.24, 2.45) is 11.8 Å². The summed E-state index contributed by atoms with van der Waals surface area (Å²) in [5.74, 6) is 0.177. The number of ether oxygens (including phenoxy) is 1. The Balaban J connectivity index is 1.92. The molecule has 2 rings (SSSR count). The molecular weight excluding hydrogens is 232 g/mol. The van der Waals surface area contributed by atoms with Crippen molar-refractivity contribution >= 4 is 14.3 Å². The summed E-state index contributed by atoms with van der Waals surface area (Å²) in [6.45, 7) is 11.6. The number of carbonyl (C=O) groups excluding carboxylic acids is 1. The summed E-state index contributed by atoms with van der Waals surface area (Å²) in [6, 6.07) is 0. The van der Waals surface area contributed by atoms with Gasteiger partial charge < -0.3 is 9.16 Å². The second kappa shape index (κ2) is 3.95. The van der Waals surface area contributed by atoms with Gasteiger partial charge in [-0.15, -0.1) is 0 Å². The zero-order chi connectivity index (χ0) is 12.8. The van der Waals surface area contributed by atoms with Crippen LogP contribution in [0, 0.1) is 11.8 Å². The van der Waals surface area contributed by atoms with E-state index in [-0.39, 0.29) is 28.9 Å². The highest BCUT2D eigenvalue weighted by molar-refractivity contribution is 6.74. The van der Waals surface area contributed by atoms with E-state index >= 15 is 0 Å². The van der Waals surface area contributed by atoms with Crippen LogP contribution in [0.15, 0.2) is 12.2 Å². The predicted molar refractivity (Wildman–Crippen MR) is 69.1 cm³/mol. The van der Waals surface area contributed by atoms with E-state index in [4.69, 9.17) is 9.16 Å². The van der Waals surface area contributed by atoms with E-state index in [1.54, 1.807) is 0 Å². The number of hydrogen-bond donors (Lipinski definition) is 0. The van der Waals surface area contributed by atoms with Gasteiger partial charge >= 0.3 is 5.97 Å². The first-order valence-corrected chi connectivity index (χ1v) is 9.16. The number of fused-ring (bicyclic) bond motifs is 1. The van der Waals surface area contributed by atoms with Crippen molar-refractivity contribution in [2.45, 2.75) is 45.0 Å². The van der Waals surface area contributed by atoms with Gasteiger partial charge in [-0.1, -0.05) is 32.9 Å². The van der Waals surface area contributed by atoms with Crippen molar-refractivity contribution in [3.63, 3.8) is 0 Å². The molecule has 96 valence electrons. The number of hydrogen-bond acceptors (Lipinski definition) is 3. The van der Waals surface area contributed by atoms with Crippen LogP contribution in [0.5, 0.6) is 0 Å². The quantitative estimate of drug-likeness (QED) is 0.441. The fourth-order valence-corrected chi connectivity index (χ4v) is 2.91. The monoisotopic (exact) mass is 254 g/mol. The molecule has 0 saturated carbocycles. The minimum Gasteiger partial charge on any atom is -0.459 e. The molecule has 0 aromatic carbocycles. The molecule has 17 heavy (non-hydrogen) atoms. The lowest BCUT2D eigenvalue weighted by Gasteiger charge is -2.37. The molecule has 3 atom stereocenters. The third kappa shape index (κ3) is 2.20. The van der Waals surface area contributed by atoms with Gasteiger partial charge in [-0.25, -0.2) is 0 Å². The van der Waals surface area contributed by atoms with Gasteiger partial charge in [0.1, 0.15) is 6.10 Å². The Hall–Kier alpha value is -0.613. The molecule has 1 heterocycles. The van der Waals surface area contributed by atoms with Crippen molar-refractivity contribution < 1.29 is 14.0 Å². The van der Waals surface area contributed by atoms with E-state index in [1.807, 2.05) is 6.08 Å². The molecule has 0 spiro atoms. The van der Waals surface area contributed by atoms with Crippen LogP contribution in [0.2, 0.25) is 18.1 Å². The van der Waals surface area contributed by atoms with Gasteiger partial charge in [-0.05, 0) is 18.1 Å². The topological polar surface area (TPSA) is 35.5 Å². The van der Waals surface area contributed by atoms with E-state index in [9.17, 15) is 4.79 Å². The predicted octanol–water partition coefficient (Wildman–Crippen LogP) is 2.74. The number of rotatable bonds is 3. The highest BCUT2D eigenvalue weighted by atomic mass is 28.4. The summed E-state index contributed by atoms with van der Waals surface area (Å²) in [4.78, 5) is 11.4. The maximum Gasteiger partial charge on any atom is 0.313 e. The molecule has 1 aliphatic heterocycles. The van der Waals surface area contributed by atoms with E-state index in [0.29, 0.717) is 6.61 Å². The van der Waals surface area contributed by atoms with E-state index in [0.717, 1.165) is 0 Å². The van der Waals surface area contributed by atoms with Crippen molar-refractivity contribution in [2.75, 3.05) is 6.61 Å². The van der Waals surface area contributed by atoms with Crippen LogP contribution < -0.4 is 0 Å². The lowest BCUT2D eigenvalue weighted by atomic mass is 9.81. The van der Waals surface area contributed by atoms with Crippen LogP contribution >= 0.6 is 0 Å². The van der Waals surface area contributed by atoms with Crippen LogP contribution in [-0.4, -0.2) is 27.0 Å². The smallest absolute Gasteiger partial charge is 0.313 e. The summed E-state index contributed by atoms with van der Waals surface area (Å²) in [7, 11) is -1.74. The van der Waals surface area contributed by atoms with Crippen LogP contribution in [-0.2, 0) is 14.0 Å². The van der Waals surface area contributed by atoms with E-state index in [2.05, 4.69) is 39.9 Å². The zero-order valence-electron chi connectivity index (χ0n) is 11.3. The lowest BCUT2D eigenvalue weighted by Crippen LogP contribution is -2.43. The number of cyclic esters (lactones) is 1. The Morgan fingerprint density at radius 3 is 2.41 bits per heavy atom. The van der Waals surface area contributed by atoms with Crippen molar-refractivity contribution in [3.05, 3.63) is 12.2 Å². The molecule has 0 aromatic rings. The summed E-state index contributed by atoms with van der Waals surface area (Å²) in [6.07, 6.45) is 3.93. The molecule has 0 unspecified atom stereocenters. The SMILES string of the molecule is CC(C)(C)[Si](C)(C)OC[C@H]1OC(=O)[C@@H]2C=C[C@H]12. The first-order valence-electron chi connectivity index (χ1n) is 6.25. The van der Waals surface area contributed by atoms with Crippen molar-refractivity contribution in [1.29, 1.82) is 0 Å². The maximum atomic E-state index is 11.4. The molecular formula is C13H22O3Si. The molecule has 0 aromatic heterocycles. The fourth-order valence-electron chi connectivity index (χ4n) is 1.90. The molecule has 0 radical (unpaired) electrons. The summed E-state index contributed by atoms with van der Waals surface area (Å²) >= 11 is 0. The van der Waals surface area contributed by atoms with Gasteiger partial charge in [-0.2, -0.15) is 0 Å². The second-order valence-electron chi connectivity index (χ2n) is 6.53. The van der Waals surface area contributed by atoms with Gasteiger partial charge in [0, 0.05) is 5.92 Å². The van der Waals surface area contributed by atoms with Gasteiger partial charge in [0.15, 0.2) is 8.32 Å². The average molecular weight is 254 g/mol. The van der Waals surface area contributed by atoms with Crippen LogP contribution in [0.4, 0.5) is 0 Å². The third-order valence-electron chi connectivity index (χ3n) is 4.34. The highest BCUT2D eigenvalue weighted by Gasteiger charge is 2.47. The Kier molecular flexibility index (Phi) is 2.98. The Morgan fingerprint density at radius 1 is 1.35 bits per heavy atom. The highest BCUT2D eigenvalue weighted by Crippen LogP contribution is 2.40. The first-order chi connectivity index (χ1) is 7.72. The zero-order valence-corrected chi connectivity index (χ0v) is 12.3. The fraction of sp³-hybridized carbons (Fsp3) is 0.769. The first kappa shape index (κ1) is 12.8. The number of carbonyl (C=O) groups is 1. The number of esters is 1. The molecule has 0 amide bonds. The molecule has 1 saturated heterocycles. The van der Waals surface area contributed by atoms with Crippen LogP contribution in [0.3, 0.4) is 0 Å². The average Bonchev–Trinajstić information content (AvgIpc) is 2.30. The second-order valence-corrected chi connectivity index (χ2v) is 11.3. The standard InChI is InChI=1S/C13H22O3Si/c1-13(2,3)17(4,5)15-8-11-9-6-7-10(9)12(14)16-11/h6-7,9-11H,8H2,1-5H3/t9-,10+,11+/m0/s1. The Morgan fingerprint density at radius 2 is 2.00 bits per heavy atom. The van der Waals surface area contributed by atoms with Crippen LogP contribution in [0.25, 0.3) is 0 Å². The molecule has 2 aliphatic rings. The van der Waals surface area contributed by atoms with Gasteiger partial charge in [0.05, 0.1) is 12.5 Å². The van der Waals surface area contributed by atoms with E-state index < -0.39 is 8.32 Å². The summed E-state index contributed by atoms with van der Waals surface area (Å²) in [5.41, 5.74) is 0. The van der Waals surface area contributed by atoms with E-state index in [1.165, 1.54) is 0 Å². The van der Waals surface area contributed by atoms with Crippen molar-refractivity contribution in [1.82, 2.24) is 0 Å². The molecule has 0 N–H and O–H groups in total. The molecule has 0 bridgehead atoms. The third-order valence-corrected chi connectivity index (χ3v) is 8.84. The lowest BCUT2D eigenvalue weighted by molar-refractivity contribution is -0.144. The van der Waals surface area contributed by atoms with Crippen molar-refractivity contribution in [3.8, 4) is 0 Å². The summed E-state index contributed by atoms with van der Waals surface area (Å²) in [5, 5.41) is 0.199. The molecule has 1 aliphatic carbocycles. The Bertz CT molecular complexity index is 354. The maximum absolute atomic E-state index is 11.4. The molecule has 3 nitrogen and oxygen atoms in total. The normalized spacial score (nSPS) is 32.1. The van der Waals surface area contributed by atoms with Crippen LogP contribution in [0.1, 0.15) is 20.8 Å². The minimum atomic E-state index is -1.74. The van der Waals surface area contributed by atoms with Gasteiger partial charge in [0.2, 0.25) is 0 Å². The summed E-state index contributed by atoms with van der Waals surface area (Å²) < 4.78 is 11.5. The Labute approximate surface area is 104 Å². The molecule has 1 fully saturated rings. The van der Waals surface area contributed by atoms with Gasteiger partial charge in [0.25, 0.3) is 0 Å².